The molecule has 20 heavy (non-hydrogen) atoms. The predicted molar refractivity (Wildman–Crippen MR) is 75.8 cm³/mol. The molecular weight excluding hydrogens is 301 g/mol. The van der Waals surface area contributed by atoms with Crippen molar-refractivity contribution in [3.63, 3.8) is 0 Å². The third kappa shape index (κ3) is 2.11. The lowest BCUT2D eigenvalue weighted by Gasteiger charge is -2.04. The van der Waals surface area contributed by atoms with Crippen LogP contribution in [0.25, 0.3) is 16.7 Å². The largest absolute Gasteiger partial charge is 0.478 e. The van der Waals surface area contributed by atoms with Gasteiger partial charge in [-0.3, -0.25) is 0 Å². The van der Waals surface area contributed by atoms with Gasteiger partial charge in [0.15, 0.2) is 0 Å². The molecule has 0 aliphatic heterocycles. The van der Waals surface area contributed by atoms with Crippen LogP contribution in [0.1, 0.15) is 10.4 Å². The third-order valence-electron chi connectivity index (χ3n) is 2.80. The van der Waals surface area contributed by atoms with Crippen molar-refractivity contribution < 1.29 is 9.90 Å². The van der Waals surface area contributed by atoms with E-state index in [0.717, 1.165) is 0 Å². The SMILES string of the molecule is O=C(O)c1cccc2c1nnn2-c1cc(Cl)cc(Cl)c1. The molecule has 2 aromatic carbocycles. The van der Waals surface area contributed by atoms with Gasteiger partial charge in [-0.1, -0.05) is 34.5 Å². The third-order valence-corrected chi connectivity index (χ3v) is 3.24. The summed E-state index contributed by atoms with van der Waals surface area (Å²) in [5.41, 5.74) is 1.61. The van der Waals surface area contributed by atoms with Crippen LogP contribution >= 0.6 is 23.2 Å². The maximum Gasteiger partial charge on any atom is 0.338 e. The summed E-state index contributed by atoms with van der Waals surface area (Å²) in [5.74, 6) is -1.05. The fraction of sp³-hybridized carbons (Fsp3) is 0. The Morgan fingerprint density at radius 1 is 1.15 bits per heavy atom. The number of benzene rings is 2. The number of aromatic carboxylic acids is 1. The van der Waals surface area contributed by atoms with Gasteiger partial charge in [-0.15, -0.1) is 5.10 Å². The summed E-state index contributed by atoms with van der Waals surface area (Å²) in [7, 11) is 0. The predicted octanol–water partition coefficient (Wildman–Crippen LogP) is 3.43. The van der Waals surface area contributed by atoms with Gasteiger partial charge in [0.05, 0.1) is 16.8 Å². The Morgan fingerprint density at radius 2 is 1.85 bits per heavy atom. The summed E-state index contributed by atoms with van der Waals surface area (Å²) in [6.45, 7) is 0. The molecule has 7 heteroatoms. The van der Waals surface area contributed by atoms with E-state index in [-0.39, 0.29) is 5.56 Å². The van der Waals surface area contributed by atoms with E-state index in [1.807, 2.05) is 0 Å². The molecule has 0 amide bonds. The molecule has 0 fully saturated rings. The molecular formula is C13H7Cl2N3O2. The van der Waals surface area contributed by atoms with Crippen molar-refractivity contribution in [3.05, 3.63) is 52.0 Å². The molecule has 1 heterocycles. The first kappa shape index (κ1) is 12.9. The maximum atomic E-state index is 11.1. The zero-order chi connectivity index (χ0) is 14.3. The van der Waals surface area contributed by atoms with Crippen molar-refractivity contribution >= 4 is 40.2 Å². The van der Waals surface area contributed by atoms with Crippen molar-refractivity contribution in [2.24, 2.45) is 0 Å². The highest BCUT2D eigenvalue weighted by atomic mass is 35.5. The van der Waals surface area contributed by atoms with Gasteiger partial charge in [0, 0.05) is 10.0 Å². The molecule has 0 aliphatic carbocycles. The lowest BCUT2D eigenvalue weighted by atomic mass is 10.2. The molecule has 0 aliphatic rings. The second-order valence-electron chi connectivity index (χ2n) is 4.11. The van der Waals surface area contributed by atoms with Crippen molar-refractivity contribution in [2.45, 2.75) is 0 Å². The summed E-state index contributed by atoms with van der Waals surface area (Å²) in [4.78, 5) is 11.1. The first-order valence-corrected chi connectivity index (χ1v) is 6.36. The minimum Gasteiger partial charge on any atom is -0.478 e. The van der Waals surface area contributed by atoms with E-state index in [0.29, 0.717) is 26.8 Å². The lowest BCUT2D eigenvalue weighted by molar-refractivity contribution is 0.0699. The number of carboxylic acid groups (broad SMARTS) is 1. The number of rotatable bonds is 2. The molecule has 0 bridgehead atoms. The Hall–Kier alpha value is -2.11. The highest BCUT2D eigenvalue weighted by Gasteiger charge is 2.14. The normalized spacial score (nSPS) is 10.9. The van der Waals surface area contributed by atoms with Crippen molar-refractivity contribution in [3.8, 4) is 5.69 Å². The quantitative estimate of drug-likeness (QED) is 0.787. The molecule has 0 unspecified atom stereocenters. The Morgan fingerprint density at radius 3 is 2.50 bits per heavy atom. The number of aromatic nitrogens is 3. The first-order chi connectivity index (χ1) is 9.56. The number of carbonyl (C=O) groups is 1. The van der Waals surface area contributed by atoms with E-state index in [4.69, 9.17) is 28.3 Å². The number of fused-ring (bicyclic) bond motifs is 1. The summed E-state index contributed by atoms with van der Waals surface area (Å²) in [6, 6.07) is 9.81. The molecule has 5 nitrogen and oxygen atoms in total. The molecule has 0 saturated heterocycles. The van der Waals surface area contributed by atoms with Crippen molar-refractivity contribution in [1.82, 2.24) is 15.0 Å². The number of halogens is 2. The van der Waals surface area contributed by atoms with Crippen molar-refractivity contribution in [2.75, 3.05) is 0 Å². The standard InChI is InChI=1S/C13H7Cl2N3O2/c14-7-4-8(15)6-9(5-7)18-11-3-1-2-10(13(19)20)12(11)16-17-18/h1-6H,(H,19,20). The molecule has 0 radical (unpaired) electrons. The van der Waals surface area contributed by atoms with Gasteiger partial charge >= 0.3 is 5.97 Å². The smallest absolute Gasteiger partial charge is 0.338 e. The Labute approximate surface area is 123 Å². The second-order valence-corrected chi connectivity index (χ2v) is 4.98. The van der Waals surface area contributed by atoms with Crippen LogP contribution in [-0.4, -0.2) is 26.1 Å². The molecule has 100 valence electrons. The van der Waals surface area contributed by atoms with E-state index >= 15 is 0 Å². The van der Waals surface area contributed by atoms with E-state index in [9.17, 15) is 4.79 Å². The average molecular weight is 308 g/mol. The Kier molecular flexibility index (Phi) is 3.08. The van der Waals surface area contributed by atoms with Crippen LogP contribution in [-0.2, 0) is 0 Å². The van der Waals surface area contributed by atoms with Crippen molar-refractivity contribution in [1.29, 1.82) is 0 Å². The van der Waals surface area contributed by atoms with Gasteiger partial charge in [-0.25, -0.2) is 9.48 Å². The Bertz CT molecular complexity index is 809. The zero-order valence-corrected chi connectivity index (χ0v) is 11.4. The highest BCUT2D eigenvalue weighted by molar-refractivity contribution is 6.34. The van der Waals surface area contributed by atoms with Crippen LogP contribution < -0.4 is 0 Å². The molecule has 1 aromatic heterocycles. The minimum atomic E-state index is -1.05. The van der Waals surface area contributed by atoms with E-state index in [1.165, 1.54) is 10.7 Å². The number of carboxylic acids is 1. The molecule has 0 spiro atoms. The Balaban J connectivity index is 2.28. The van der Waals surface area contributed by atoms with E-state index in [1.54, 1.807) is 30.3 Å². The molecule has 3 rings (SSSR count). The van der Waals surface area contributed by atoms with Crippen LogP contribution in [0, 0.1) is 0 Å². The van der Waals surface area contributed by atoms with Crippen LogP contribution in [0.3, 0.4) is 0 Å². The van der Waals surface area contributed by atoms with Gasteiger partial charge in [0.25, 0.3) is 0 Å². The van der Waals surface area contributed by atoms with Crippen LogP contribution in [0.5, 0.6) is 0 Å². The summed E-state index contributed by atoms with van der Waals surface area (Å²) in [5, 5.41) is 18.0. The van der Waals surface area contributed by atoms with Gasteiger partial charge in [0.2, 0.25) is 0 Å². The van der Waals surface area contributed by atoms with Gasteiger partial charge in [0.1, 0.15) is 5.52 Å². The zero-order valence-electron chi connectivity index (χ0n) is 9.92. The second kappa shape index (κ2) is 4.77. The minimum absolute atomic E-state index is 0.0990. The van der Waals surface area contributed by atoms with Gasteiger partial charge in [-0.2, -0.15) is 0 Å². The summed E-state index contributed by atoms with van der Waals surface area (Å²) in [6.07, 6.45) is 0. The van der Waals surface area contributed by atoms with Gasteiger partial charge < -0.3 is 5.11 Å². The molecule has 1 N–H and O–H groups in total. The summed E-state index contributed by atoms with van der Waals surface area (Å²) < 4.78 is 1.50. The van der Waals surface area contributed by atoms with Crippen LogP contribution in [0.4, 0.5) is 0 Å². The number of hydrogen-bond donors (Lipinski definition) is 1. The van der Waals surface area contributed by atoms with Crippen LogP contribution in [0.2, 0.25) is 10.0 Å². The first-order valence-electron chi connectivity index (χ1n) is 5.60. The number of nitrogens with zero attached hydrogens (tertiary/aromatic N) is 3. The molecule has 0 atom stereocenters. The highest BCUT2D eigenvalue weighted by Crippen LogP contribution is 2.24. The van der Waals surface area contributed by atoms with E-state index < -0.39 is 5.97 Å². The monoisotopic (exact) mass is 307 g/mol. The lowest BCUT2D eigenvalue weighted by Crippen LogP contribution is -1.98. The van der Waals surface area contributed by atoms with Gasteiger partial charge in [-0.05, 0) is 30.3 Å². The average Bonchev–Trinajstić information content (AvgIpc) is 2.80. The molecule has 3 aromatic rings. The summed E-state index contributed by atoms with van der Waals surface area (Å²) >= 11 is 11.9. The maximum absolute atomic E-state index is 11.1. The van der Waals surface area contributed by atoms with E-state index in [2.05, 4.69) is 10.3 Å². The molecule has 0 saturated carbocycles. The van der Waals surface area contributed by atoms with Crippen LogP contribution in [0.15, 0.2) is 36.4 Å². The fourth-order valence-electron chi connectivity index (χ4n) is 1.97. The fourth-order valence-corrected chi connectivity index (χ4v) is 2.48. The number of hydrogen-bond acceptors (Lipinski definition) is 3. The topological polar surface area (TPSA) is 68.0 Å².